The molecule has 0 saturated heterocycles. The molecule has 0 atom stereocenters. The lowest BCUT2D eigenvalue weighted by Crippen LogP contribution is -2.11. The van der Waals surface area contributed by atoms with Gasteiger partial charge in [-0.05, 0) is 42.3 Å². The van der Waals surface area contributed by atoms with Gasteiger partial charge in [-0.1, -0.05) is 42.3 Å². The van der Waals surface area contributed by atoms with Gasteiger partial charge in [0.25, 0.3) is 5.91 Å². The molecule has 2 rings (SSSR count). The van der Waals surface area contributed by atoms with Gasteiger partial charge in [0.1, 0.15) is 0 Å². The molecule has 19 heavy (non-hydrogen) atoms. The van der Waals surface area contributed by atoms with Crippen LogP contribution in [0.15, 0.2) is 42.5 Å². The first kappa shape index (κ1) is 13.9. The van der Waals surface area contributed by atoms with E-state index >= 15 is 0 Å². The molecule has 0 aromatic heterocycles. The molecule has 0 bridgehead atoms. The first-order valence-corrected chi connectivity index (χ1v) is 6.71. The van der Waals surface area contributed by atoms with Crippen LogP contribution >= 0.6 is 23.2 Å². The van der Waals surface area contributed by atoms with Crippen LogP contribution in [0.3, 0.4) is 0 Å². The molecule has 0 aliphatic heterocycles. The summed E-state index contributed by atoms with van der Waals surface area (Å²) < 4.78 is 0. The van der Waals surface area contributed by atoms with Crippen LogP contribution in [0.5, 0.6) is 0 Å². The summed E-state index contributed by atoms with van der Waals surface area (Å²) in [4.78, 5) is 12.0. The van der Waals surface area contributed by atoms with Crippen molar-refractivity contribution in [1.82, 2.24) is 0 Å². The molecule has 0 radical (unpaired) electrons. The maximum atomic E-state index is 12.0. The van der Waals surface area contributed by atoms with E-state index in [9.17, 15) is 4.79 Å². The fraction of sp³-hybridized carbons (Fsp3) is 0.133. The molecule has 0 spiro atoms. The smallest absolute Gasteiger partial charge is 0.255 e. The Hall–Kier alpha value is -1.51. The summed E-state index contributed by atoms with van der Waals surface area (Å²) in [6.07, 6.45) is 0.973. The Morgan fingerprint density at radius 3 is 2.32 bits per heavy atom. The van der Waals surface area contributed by atoms with Crippen molar-refractivity contribution in [2.75, 3.05) is 5.32 Å². The average Bonchev–Trinajstić information content (AvgIpc) is 2.42. The SMILES string of the molecule is CCc1ccc(NC(=O)c2ccc(Cl)c(Cl)c2)cc1. The molecule has 2 aromatic rings. The van der Waals surface area contributed by atoms with Crippen molar-refractivity contribution in [3.63, 3.8) is 0 Å². The van der Waals surface area contributed by atoms with Crippen molar-refractivity contribution in [3.05, 3.63) is 63.6 Å². The van der Waals surface area contributed by atoms with Crippen molar-refractivity contribution in [2.24, 2.45) is 0 Å². The highest BCUT2D eigenvalue weighted by Crippen LogP contribution is 2.23. The summed E-state index contributed by atoms with van der Waals surface area (Å²) in [7, 11) is 0. The number of carbonyl (C=O) groups is 1. The second-order valence-corrected chi connectivity index (χ2v) is 4.95. The number of anilines is 1. The Bertz CT molecular complexity index is 594. The average molecular weight is 294 g/mol. The second kappa shape index (κ2) is 6.09. The third-order valence-corrected chi connectivity index (χ3v) is 3.54. The number of nitrogens with one attached hydrogen (secondary N) is 1. The molecule has 4 heteroatoms. The number of benzene rings is 2. The molecule has 0 aliphatic rings. The fourth-order valence-corrected chi connectivity index (χ4v) is 1.96. The summed E-state index contributed by atoms with van der Waals surface area (Å²) in [6.45, 7) is 2.09. The van der Waals surface area contributed by atoms with E-state index in [0.29, 0.717) is 15.6 Å². The Morgan fingerprint density at radius 1 is 1.05 bits per heavy atom. The molecule has 98 valence electrons. The zero-order valence-electron chi connectivity index (χ0n) is 10.4. The van der Waals surface area contributed by atoms with Crippen molar-refractivity contribution in [2.45, 2.75) is 13.3 Å². The molecule has 0 aliphatic carbocycles. The molecular weight excluding hydrogens is 281 g/mol. The van der Waals surface area contributed by atoms with Crippen molar-refractivity contribution < 1.29 is 4.79 Å². The lowest BCUT2D eigenvalue weighted by Gasteiger charge is -2.07. The molecule has 2 aromatic carbocycles. The number of amides is 1. The van der Waals surface area contributed by atoms with Crippen LogP contribution in [0.2, 0.25) is 10.0 Å². The van der Waals surface area contributed by atoms with Crippen LogP contribution in [0.4, 0.5) is 5.69 Å². The quantitative estimate of drug-likeness (QED) is 0.865. The van der Waals surface area contributed by atoms with Gasteiger partial charge in [-0.25, -0.2) is 0 Å². The van der Waals surface area contributed by atoms with Crippen LogP contribution in [-0.4, -0.2) is 5.91 Å². The van der Waals surface area contributed by atoms with Crippen LogP contribution in [0, 0.1) is 0 Å². The number of rotatable bonds is 3. The third-order valence-electron chi connectivity index (χ3n) is 2.80. The predicted octanol–water partition coefficient (Wildman–Crippen LogP) is 4.81. The first-order chi connectivity index (χ1) is 9.10. The lowest BCUT2D eigenvalue weighted by molar-refractivity contribution is 0.102. The Labute approximate surface area is 122 Å². The monoisotopic (exact) mass is 293 g/mol. The number of hydrogen-bond acceptors (Lipinski definition) is 1. The minimum Gasteiger partial charge on any atom is -0.322 e. The molecule has 0 saturated carbocycles. The minimum absolute atomic E-state index is 0.206. The van der Waals surface area contributed by atoms with Gasteiger partial charge in [0.2, 0.25) is 0 Å². The molecule has 1 N–H and O–H groups in total. The van der Waals surface area contributed by atoms with Gasteiger partial charge in [0.05, 0.1) is 10.0 Å². The minimum atomic E-state index is -0.206. The topological polar surface area (TPSA) is 29.1 Å². The molecule has 0 fully saturated rings. The predicted molar refractivity (Wildman–Crippen MR) is 80.2 cm³/mol. The van der Waals surface area contributed by atoms with Crippen LogP contribution < -0.4 is 5.32 Å². The van der Waals surface area contributed by atoms with E-state index in [2.05, 4.69) is 12.2 Å². The van der Waals surface area contributed by atoms with Crippen molar-refractivity contribution in [3.8, 4) is 0 Å². The molecule has 2 nitrogen and oxygen atoms in total. The number of aryl methyl sites for hydroxylation is 1. The van der Waals surface area contributed by atoms with Gasteiger partial charge < -0.3 is 5.32 Å². The molecule has 1 amide bonds. The van der Waals surface area contributed by atoms with Crippen molar-refractivity contribution >= 4 is 34.8 Å². The molecular formula is C15H13Cl2NO. The lowest BCUT2D eigenvalue weighted by atomic mass is 10.1. The van der Waals surface area contributed by atoms with Gasteiger partial charge in [0.15, 0.2) is 0 Å². The summed E-state index contributed by atoms with van der Waals surface area (Å²) in [5.74, 6) is -0.206. The summed E-state index contributed by atoms with van der Waals surface area (Å²) >= 11 is 11.7. The Morgan fingerprint density at radius 2 is 1.74 bits per heavy atom. The second-order valence-electron chi connectivity index (χ2n) is 4.13. The normalized spacial score (nSPS) is 10.3. The summed E-state index contributed by atoms with van der Waals surface area (Å²) in [6, 6.07) is 12.6. The standard InChI is InChI=1S/C15H13Cl2NO/c1-2-10-3-6-12(7-4-10)18-15(19)11-5-8-13(16)14(17)9-11/h3-9H,2H2,1H3,(H,18,19). The number of hydrogen-bond donors (Lipinski definition) is 1. The highest BCUT2D eigenvalue weighted by Gasteiger charge is 2.08. The van der Waals surface area contributed by atoms with Crippen molar-refractivity contribution in [1.29, 1.82) is 0 Å². The Kier molecular flexibility index (Phi) is 4.46. The maximum absolute atomic E-state index is 12.0. The highest BCUT2D eigenvalue weighted by atomic mass is 35.5. The van der Waals surface area contributed by atoms with E-state index in [-0.39, 0.29) is 5.91 Å². The van der Waals surface area contributed by atoms with Gasteiger partial charge in [-0.2, -0.15) is 0 Å². The molecule has 0 heterocycles. The van der Waals surface area contributed by atoms with Gasteiger partial charge in [0, 0.05) is 11.3 Å². The Balaban J connectivity index is 2.13. The third kappa shape index (κ3) is 3.49. The maximum Gasteiger partial charge on any atom is 0.255 e. The van der Waals surface area contributed by atoms with E-state index in [4.69, 9.17) is 23.2 Å². The van der Waals surface area contributed by atoms with E-state index in [1.165, 1.54) is 5.56 Å². The van der Waals surface area contributed by atoms with Gasteiger partial charge in [-0.3, -0.25) is 4.79 Å². The van der Waals surface area contributed by atoms with E-state index in [1.807, 2.05) is 24.3 Å². The highest BCUT2D eigenvalue weighted by molar-refractivity contribution is 6.42. The van der Waals surface area contributed by atoms with Crippen LogP contribution in [-0.2, 0) is 6.42 Å². The molecule has 0 unspecified atom stereocenters. The van der Waals surface area contributed by atoms with E-state index < -0.39 is 0 Å². The fourth-order valence-electron chi connectivity index (χ4n) is 1.66. The van der Waals surface area contributed by atoms with E-state index in [0.717, 1.165) is 12.1 Å². The van der Waals surface area contributed by atoms with Gasteiger partial charge in [-0.15, -0.1) is 0 Å². The van der Waals surface area contributed by atoms with Crippen LogP contribution in [0.25, 0.3) is 0 Å². The first-order valence-electron chi connectivity index (χ1n) is 5.95. The van der Waals surface area contributed by atoms with Gasteiger partial charge >= 0.3 is 0 Å². The summed E-state index contributed by atoms with van der Waals surface area (Å²) in [5, 5.41) is 3.62. The largest absolute Gasteiger partial charge is 0.322 e. The zero-order valence-corrected chi connectivity index (χ0v) is 11.9. The summed E-state index contributed by atoms with van der Waals surface area (Å²) in [5.41, 5.74) is 2.47. The van der Waals surface area contributed by atoms with E-state index in [1.54, 1.807) is 18.2 Å². The van der Waals surface area contributed by atoms with Crippen LogP contribution in [0.1, 0.15) is 22.8 Å². The number of halogens is 2. The number of carbonyl (C=O) groups excluding carboxylic acids is 1. The zero-order chi connectivity index (χ0) is 13.8.